The molecule has 0 saturated carbocycles. The first-order valence-corrected chi connectivity index (χ1v) is 10.1. The van der Waals surface area contributed by atoms with Crippen molar-refractivity contribution in [2.45, 2.75) is 25.3 Å². The molecule has 0 unspecified atom stereocenters. The second-order valence-electron chi connectivity index (χ2n) is 5.71. The van der Waals surface area contributed by atoms with Crippen molar-refractivity contribution >= 4 is 47.5 Å². The summed E-state index contributed by atoms with van der Waals surface area (Å²) in [5.41, 5.74) is 1.14. The van der Waals surface area contributed by atoms with Crippen LogP contribution in [0.1, 0.15) is 19.4 Å². The van der Waals surface area contributed by atoms with Gasteiger partial charge < -0.3 is 15.5 Å². The van der Waals surface area contributed by atoms with Crippen LogP contribution in [-0.4, -0.2) is 43.4 Å². The van der Waals surface area contributed by atoms with Gasteiger partial charge in [-0.25, -0.2) is 4.98 Å². The predicted molar refractivity (Wildman–Crippen MR) is 129 cm³/mol. The minimum absolute atomic E-state index is 0. The number of nitrogens with one attached hydrogen (secondary N) is 2. The molecular weight excluding hydrogens is 469 g/mol. The molecule has 0 aliphatic carbocycles. The quantitative estimate of drug-likeness (QED) is 0.180. The molecule has 0 atom stereocenters. The van der Waals surface area contributed by atoms with Crippen LogP contribution in [-0.2, 0) is 6.54 Å². The maximum Gasteiger partial charge on any atom is 0.191 e. The van der Waals surface area contributed by atoms with E-state index in [9.17, 15) is 0 Å². The van der Waals surface area contributed by atoms with Gasteiger partial charge in [-0.15, -0.1) is 35.7 Å². The Kier molecular flexibility index (Phi) is 11.9. The summed E-state index contributed by atoms with van der Waals surface area (Å²) in [5.74, 6) is 2.83. The van der Waals surface area contributed by atoms with E-state index >= 15 is 0 Å². The first kappa shape index (κ1) is 23.6. The van der Waals surface area contributed by atoms with Gasteiger partial charge in [0.2, 0.25) is 0 Å². The van der Waals surface area contributed by atoms with Crippen molar-refractivity contribution in [3.63, 3.8) is 0 Å². The Morgan fingerprint density at radius 1 is 1.07 bits per heavy atom. The smallest absolute Gasteiger partial charge is 0.191 e. The highest BCUT2D eigenvalue weighted by atomic mass is 127. The molecule has 0 amide bonds. The molecule has 2 rings (SSSR count). The Labute approximate surface area is 184 Å². The third-order valence-corrected chi connectivity index (χ3v) is 5.00. The number of halogens is 1. The van der Waals surface area contributed by atoms with Crippen LogP contribution >= 0.6 is 35.7 Å². The third kappa shape index (κ3) is 8.38. The summed E-state index contributed by atoms with van der Waals surface area (Å²) >= 11 is 1.84. The van der Waals surface area contributed by atoms with E-state index in [4.69, 9.17) is 0 Å². The number of aliphatic imine (C=N–C) groups is 1. The van der Waals surface area contributed by atoms with Crippen molar-refractivity contribution in [2.24, 2.45) is 4.99 Å². The van der Waals surface area contributed by atoms with E-state index < -0.39 is 0 Å². The van der Waals surface area contributed by atoms with Gasteiger partial charge in [-0.1, -0.05) is 24.3 Å². The second-order valence-corrected chi connectivity index (χ2v) is 6.88. The summed E-state index contributed by atoms with van der Waals surface area (Å²) in [6.07, 6.45) is 1.93. The average Bonchev–Trinajstić information content (AvgIpc) is 2.70. The van der Waals surface area contributed by atoms with Crippen molar-refractivity contribution in [3.05, 3.63) is 54.2 Å². The Balaban J connectivity index is 0.00000364. The van der Waals surface area contributed by atoms with E-state index in [1.165, 1.54) is 4.90 Å². The number of nitrogens with zero attached hydrogens (tertiary/aromatic N) is 3. The number of rotatable bonds is 9. The summed E-state index contributed by atoms with van der Waals surface area (Å²) in [4.78, 5) is 12.4. The van der Waals surface area contributed by atoms with E-state index in [0.717, 1.165) is 42.7 Å². The lowest BCUT2D eigenvalue weighted by molar-refractivity contribution is 0.820. The molecule has 2 N–H and O–H groups in total. The van der Waals surface area contributed by atoms with Gasteiger partial charge in [0, 0.05) is 50.1 Å². The zero-order chi connectivity index (χ0) is 18.6. The Bertz CT molecular complexity index is 660. The lowest BCUT2D eigenvalue weighted by atomic mass is 10.2. The van der Waals surface area contributed by atoms with Crippen LogP contribution in [0.15, 0.2) is 58.5 Å². The van der Waals surface area contributed by atoms with Gasteiger partial charge in [0.15, 0.2) is 5.96 Å². The Morgan fingerprint density at radius 2 is 1.81 bits per heavy atom. The summed E-state index contributed by atoms with van der Waals surface area (Å²) in [5, 5.41) is 6.68. The van der Waals surface area contributed by atoms with Gasteiger partial charge in [-0.05, 0) is 37.6 Å². The highest BCUT2D eigenvalue weighted by Gasteiger charge is 2.04. The highest BCUT2D eigenvalue weighted by molar-refractivity contribution is 14.0. The van der Waals surface area contributed by atoms with E-state index in [0.29, 0.717) is 6.54 Å². The fourth-order valence-corrected chi connectivity index (χ4v) is 3.31. The number of hydrogen-bond acceptors (Lipinski definition) is 4. The summed E-state index contributed by atoms with van der Waals surface area (Å²) in [6.45, 7) is 7.80. The standard InChI is InChI=1S/C20H29N5S.HI/c1-4-25(5-2)19-12-11-17(15-23-19)16-24-20(21-3)22-13-14-26-18-9-7-6-8-10-18;/h6-12,15H,4-5,13-14,16H2,1-3H3,(H2,21,22,24);1H. The monoisotopic (exact) mass is 499 g/mol. The Hall–Kier alpha value is -1.48. The molecule has 7 heteroatoms. The number of guanidine groups is 1. The molecular formula is C20H30IN5S. The zero-order valence-corrected chi connectivity index (χ0v) is 19.5. The van der Waals surface area contributed by atoms with Crippen LogP contribution in [0.25, 0.3) is 0 Å². The number of benzene rings is 1. The fraction of sp³-hybridized carbons (Fsp3) is 0.400. The van der Waals surface area contributed by atoms with Gasteiger partial charge in [0.1, 0.15) is 5.82 Å². The van der Waals surface area contributed by atoms with Gasteiger partial charge >= 0.3 is 0 Å². The average molecular weight is 499 g/mol. The van der Waals surface area contributed by atoms with Crippen LogP contribution in [0.3, 0.4) is 0 Å². The molecule has 0 radical (unpaired) electrons. The molecule has 0 fully saturated rings. The minimum Gasteiger partial charge on any atom is -0.357 e. The predicted octanol–water partition coefficient (Wildman–Crippen LogP) is 4.00. The lowest BCUT2D eigenvalue weighted by Gasteiger charge is -2.19. The lowest BCUT2D eigenvalue weighted by Crippen LogP contribution is -2.38. The molecule has 0 bridgehead atoms. The number of aromatic nitrogens is 1. The number of anilines is 1. The molecule has 5 nitrogen and oxygen atoms in total. The van der Waals surface area contributed by atoms with E-state index in [1.807, 2.05) is 24.0 Å². The zero-order valence-electron chi connectivity index (χ0n) is 16.3. The van der Waals surface area contributed by atoms with Crippen LogP contribution in [0.5, 0.6) is 0 Å². The first-order valence-electron chi connectivity index (χ1n) is 9.09. The van der Waals surface area contributed by atoms with Crippen molar-refractivity contribution < 1.29 is 0 Å². The number of hydrogen-bond donors (Lipinski definition) is 2. The molecule has 1 aromatic carbocycles. The topological polar surface area (TPSA) is 52.5 Å². The maximum absolute atomic E-state index is 4.56. The fourth-order valence-electron chi connectivity index (χ4n) is 2.52. The number of thioether (sulfide) groups is 1. The Morgan fingerprint density at radius 3 is 2.41 bits per heavy atom. The van der Waals surface area contributed by atoms with Crippen molar-refractivity contribution in [3.8, 4) is 0 Å². The van der Waals surface area contributed by atoms with Crippen molar-refractivity contribution in [2.75, 3.05) is 37.3 Å². The summed E-state index contributed by atoms with van der Waals surface area (Å²) in [7, 11) is 1.79. The van der Waals surface area contributed by atoms with E-state index in [-0.39, 0.29) is 24.0 Å². The molecule has 0 spiro atoms. The normalized spacial score (nSPS) is 10.9. The summed E-state index contributed by atoms with van der Waals surface area (Å²) in [6, 6.07) is 14.6. The minimum atomic E-state index is 0. The molecule has 27 heavy (non-hydrogen) atoms. The molecule has 1 aromatic heterocycles. The molecule has 1 heterocycles. The largest absolute Gasteiger partial charge is 0.357 e. The van der Waals surface area contributed by atoms with E-state index in [1.54, 1.807) is 7.05 Å². The molecule has 0 aliphatic heterocycles. The molecule has 148 valence electrons. The number of pyridine rings is 1. The molecule has 0 aliphatic rings. The summed E-state index contributed by atoms with van der Waals surface area (Å²) < 4.78 is 0. The van der Waals surface area contributed by atoms with E-state index in [2.05, 4.69) is 75.8 Å². The first-order chi connectivity index (χ1) is 12.8. The van der Waals surface area contributed by atoms with Crippen molar-refractivity contribution in [1.29, 1.82) is 0 Å². The van der Waals surface area contributed by atoms with Gasteiger partial charge in [0.05, 0.1) is 0 Å². The second kappa shape index (κ2) is 13.7. The third-order valence-electron chi connectivity index (χ3n) is 3.99. The van der Waals surface area contributed by atoms with Crippen molar-refractivity contribution in [1.82, 2.24) is 15.6 Å². The van der Waals surface area contributed by atoms with Crippen LogP contribution in [0.4, 0.5) is 5.82 Å². The maximum atomic E-state index is 4.56. The van der Waals surface area contributed by atoms with Crippen LogP contribution in [0, 0.1) is 0 Å². The highest BCUT2D eigenvalue weighted by Crippen LogP contribution is 2.15. The van der Waals surface area contributed by atoms with Crippen LogP contribution in [0.2, 0.25) is 0 Å². The SMILES string of the molecule is CCN(CC)c1ccc(CNC(=NC)NCCSc2ccccc2)cn1.I. The van der Waals surface area contributed by atoms with Gasteiger partial charge in [-0.3, -0.25) is 4.99 Å². The van der Waals surface area contributed by atoms with Crippen LogP contribution < -0.4 is 15.5 Å². The van der Waals surface area contributed by atoms with Gasteiger partial charge in [-0.2, -0.15) is 0 Å². The van der Waals surface area contributed by atoms with Gasteiger partial charge in [0.25, 0.3) is 0 Å². The molecule has 2 aromatic rings. The molecule has 0 saturated heterocycles.